The Morgan fingerprint density at radius 3 is 2.45 bits per heavy atom. The van der Waals surface area contributed by atoms with Crippen LogP contribution in [0.5, 0.6) is 5.75 Å². The number of pyridine rings is 1. The van der Waals surface area contributed by atoms with Gasteiger partial charge in [-0.05, 0) is 54.8 Å². The molecular formula is C22H17N5O2. The summed E-state index contributed by atoms with van der Waals surface area (Å²) in [6, 6.07) is 11.6. The standard InChI is InChI=1S/C22H17N5O2/c1-10-6-13(19-15(8-23)21(25)27-22(28)16(19)9-24)11(2)18-14-7-12(29-3)4-5-17(14)26-20(10)18/h4-7,26H,1-3H3,(H3,25,27,28). The van der Waals surface area contributed by atoms with Crippen molar-refractivity contribution in [1.82, 2.24) is 9.97 Å². The maximum atomic E-state index is 12.3. The summed E-state index contributed by atoms with van der Waals surface area (Å²) in [4.78, 5) is 18.2. The number of hydrogen-bond donors (Lipinski definition) is 3. The number of H-pyrrole nitrogens is 2. The van der Waals surface area contributed by atoms with Crippen LogP contribution < -0.4 is 16.0 Å². The zero-order valence-corrected chi connectivity index (χ0v) is 16.1. The van der Waals surface area contributed by atoms with Gasteiger partial charge in [-0.3, -0.25) is 4.79 Å². The average Bonchev–Trinajstić information content (AvgIpc) is 3.09. The van der Waals surface area contributed by atoms with Crippen molar-refractivity contribution >= 4 is 27.6 Å². The summed E-state index contributed by atoms with van der Waals surface area (Å²) < 4.78 is 5.37. The third-order valence-electron chi connectivity index (χ3n) is 5.28. The minimum atomic E-state index is -0.614. The van der Waals surface area contributed by atoms with Gasteiger partial charge in [-0.1, -0.05) is 0 Å². The van der Waals surface area contributed by atoms with Crippen molar-refractivity contribution in [1.29, 1.82) is 10.5 Å². The fraction of sp³-hybridized carbons (Fsp3) is 0.136. The van der Waals surface area contributed by atoms with Gasteiger partial charge in [-0.25, -0.2) is 0 Å². The molecule has 0 saturated heterocycles. The van der Waals surface area contributed by atoms with Gasteiger partial charge in [0.25, 0.3) is 5.56 Å². The van der Waals surface area contributed by atoms with Crippen LogP contribution in [-0.4, -0.2) is 17.1 Å². The highest BCUT2D eigenvalue weighted by molar-refractivity contribution is 6.12. The number of methoxy groups -OCH3 is 1. The lowest BCUT2D eigenvalue weighted by Crippen LogP contribution is -2.16. The maximum absolute atomic E-state index is 12.3. The lowest BCUT2D eigenvalue weighted by molar-refractivity contribution is 0.415. The molecule has 0 bridgehead atoms. The van der Waals surface area contributed by atoms with E-state index in [1.807, 2.05) is 50.3 Å². The summed E-state index contributed by atoms with van der Waals surface area (Å²) in [5, 5.41) is 21.2. The first-order valence-corrected chi connectivity index (χ1v) is 8.87. The Balaban J connectivity index is 2.22. The second-order valence-electron chi connectivity index (χ2n) is 6.87. The molecule has 0 saturated carbocycles. The molecule has 29 heavy (non-hydrogen) atoms. The summed E-state index contributed by atoms with van der Waals surface area (Å²) in [6.45, 7) is 3.84. The van der Waals surface area contributed by atoms with Crippen LogP contribution in [0.1, 0.15) is 22.3 Å². The first-order chi connectivity index (χ1) is 13.9. The third-order valence-corrected chi connectivity index (χ3v) is 5.28. The van der Waals surface area contributed by atoms with E-state index in [0.717, 1.165) is 38.7 Å². The minimum absolute atomic E-state index is 0.0516. The summed E-state index contributed by atoms with van der Waals surface area (Å²) in [5.74, 6) is 0.668. The molecule has 4 rings (SSSR count). The van der Waals surface area contributed by atoms with E-state index in [1.165, 1.54) is 0 Å². The van der Waals surface area contributed by atoms with Crippen molar-refractivity contribution in [2.75, 3.05) is 12.8 Å². The van der Waals surface area contributed by atoms with E-state index in [9.17, 15) is 15.3 Å². The van der Waals surface area contributed by atoms with Crippen molar-refractivity contribution in [3.8, 4) is 29.0 Å². The largest absolute Gasteiger partial charge is 0.497 e. The lowest BCUT2D eigenvalue weighted by Gasteiger charge is -2.14. The van der Waals surface area contributed by atoms with Crippen molar-refractivity contribution in [3.05, 3.63) is 56.9 Å². The van der Waals surface area contributed by atoms with Crippen LogP contribution in [-0.2, 0) is 0 Å². The van der Waals surface area contributed by atoms with E-state index in [0.29, 0.717) is 5.56 Å². The molecule has 0 unspecified atom stereocenters. The highest BCUT2D eigenvalue weighted by Gasteiger charge is 2.22. The molecule has 2 aromatic heterocycles. The molecule has 0 aliphatic heterocycles. The molecule has 4 N–H and O–H groups in total. The number of nitrogens with zero attached hydrogens (tertiary/aromatic N) is 2. The molecule has 0 fully saturated rings. The molecule has 0 amide bonds. The zero-order valence-electron chi connectivity index (χ0n) is 16.1. The Morgan fingerprint density at radius 1 is 1.07 bits per heavy atom. The number of nitriles is 2. The van der Waals surface area contributed by atoms with Gasteiger partial charge < -0.3 is 20.4 Å². The summed E-state index contributed by atoms with van der Waals surface area (Å²) in [7, 11) is 1.61. The first kappa shape index (κ1) is 18.1. The van der Waals surface area contributed by atoms with Gasteiger partial charge in [0.1, 0.15) is 34.8 Å². The number of nitrogens with one attached hydrogen (secondary N) is 2. The predicted octanol–water partition coefficient (Wildman–Crippen LogP) is 3.63. The number of ether oxygens (including phenoxy) is 1. The van der Waals surface area contributed by atoms with E-state index in [4.69, 9.17) is 10.5 Å². The quantitative estimate of drug-likeness (QED) is 0.486. The van der Waals surface area contributed by atoms with Gasteiger partial charge >= 0.3 is 0 Å². The number of fused-ring (bicyclic) bond motifs is 3. The lowest BCUT2D eigenvalue weighted by atomic mass is 9.89. The van der Waals surface area contributed by atoms with Crippen molar-refractivity contribution in [2.24, 2.45) is 0 Å². The Labute approximate surface area is 166 Å². The Bertz CT molecular complexity index is 1460. The first-order valence-electron chi connectivity index (χ1n) is 8.87. The third kappa shape index (κ3) is 2.53. The maximum Gasteiger partial charge on any atom is 0.268 e. The molecule has 0 aliphatic carbocycles. The fourth-order valence-electron chi connectivity index (χ4n) is 3.89. The molecule has 7 nitrogen and oxygen atoms in total. The zero-order chi connectivity index (χ0) is 20.9. The topological polar surface area (TPSA) is 131 Å². The Morgan fingerprint density at radius 2 is 1.79 bits per heavy atom. The Hall–Kier alpha value is -4.23. The molecule has 2 aromatic carbocycles. The van der Waals surface area contributed by atoms with Gasteiger partial charge in [0, 0.05) is 27.4 Å². The molecule has 0 radical (unpaired) electrons. The highest BCUT2D eigenvalue weighted by Crippen LogP contribution is 2.39. The number of nitrogen functional groups attached to an aromatic ring is 1. The summed E-state index contributed by atoms with van der Waals surface area (Å²) >= 11 is 0. The molecule has 2 heterocycles. The highest BCUT2D eigenvalue weighted by atomic mass is 16.5. The summed E-state index contributed by atoms with van der Waals surface area (Å²) in [5.41, 5.74) is 9.77. The molecule has 4 aromatic rings. The van der Waals surface area contributed by atoms with Crippen LogP contribution in [0.15, 0.2) is 29.1 Å². The number of aryl methyl sites for hydroxylation is 2. The second-order valence-corrected chi connectivity index (χ2v) is 6.87. The van der Waals surface area contributed by atoms with Crippen LogP contribution in [0, 0.1) is 36.5 Å². The van der Waals surface area contributed by atoms with E-state index < -0.39 is 5.56 Å². The Kier molecular flexibility index (Phi) is 4.03. The monoisotopic (exact) mass is 383 g/mol. The van der Waals surface area contributed by atoms with E-state index in [2.05, 4.69) is 9.97 Å². The SMILES string of the molecule is COc1ccc2[nH]c3c(C)cc(-c4c(C#N)c(N)[nH]c(=O)c4C#N)c(C)c3c2c1. The molecule has 142 valence electrons. The molecule has 0 atom stereocenters. The van der Waals surface area contributed by atoms with E-state index in [1.54, 1.807) is 7.11 Å². The summed E-state index contributed by atoms with van der Waals surface area (Å²) in [6.07, 6.45) is 0. The van der Waals surface area contributed by atoms with Crippen LogP contribution in [0.4, 0.5) is 5.82 Å². The second kappa shape index (κ2) is 6.43. The van der Waals surface area contributed by atoms with Gasteiger partial charge in [0.2, 0.25) is 0 Å². The van der Waals surface area contributed by atoms with Gasteiger partial charge in [-0.2, -0.15) is 10.5 Å². The molecule has 0 aliphatic rings. The minimum Gasteiger partial charge on any atom is -0.497 e. The molecular weight excluding hydrogens is 366 g/mol. The molecule has 7 heteroatoms. The van der Waals surface area contributed by atoms with Gasteiger partial charge in [0.05, 0.1) is 7.11 Å². The molecule has 0 spiro atoms. The fourth-order valence-corrected chi connectivity index (χ4v) is 3.89. The number of rotatable bonds is 2. The van der Waals surface area contributed by atoms with E-state index >= 15 is 0 Å². The number of anilines is 1. The number of aromatic amines is 2. The smallest absolute Gasteiger partial charge is 0.268 e. The van der Waals surface area contributed by atoms with Crippen molar-refractivity contribution in [2.45, 2.75) is 13.8 Å². The number of hydrogen-bond acceptors (Lipinski definition) is 5. The van der Waals surface area contributed by atoms with Gasteiger partial charge in [0.15, 0.2) is 0 Å². The number of nitrogens with two attached hydrogens (primary N) is 1. The normalized spacial score (nSPS) is 10.8. The number of aromatic nitrogens is 2. The average molecular weight is 383 g/mol. The van der Waals surface area contributed by atoms with Crippen LogP contribution in [0.25, 0.3) is 32.9 Å². The van der Waals surface area contributed by atoms with Crippen molar-refractivity contribution < 1.29 is 4.74 Å². The van der Waals surface area contributed by atoms with Crippen LogP contribution in [0.2, 0.25) is 0 Å². The van der Waals surface area contributed by atoms with Crippen LogP contribution in [0.3, 0.4) is 0 Å². The van der Waals surface area contributed by atoms with Crippen molar-refractivity contribution in [3.63, 3.8) is 0 Å². The van der Waals surface area contributed by atoms with E-state index in [-0.39, 0.29) is 22.5 Å². The number of benzene rings is 2. The van der Waals surface area contributed by atoms with Crippen LogP contribution >= 0.6 is 0 Å². The van der Waals surface area contributed by atoms with Gasteiger partial charge in [-0.15, -0.1) is 0 Å². The predicted molar refractivity (Wildman–Crippen MR) is 112 cm³/mol.